The molecule has 0 amide bonds. The van der Waals surface area contributed by atoms with E-state index in [2.05, 4.69) is 11.6 Å². The summed E-state index contributed by atoms with van der Waals surface area (Å²) in [5.74, 6) is 0.500. The van der Waals surface area contributed by atoms with Gasteiger partial charge in [-0.05, 0) is 42.0 Å². The molecule has 1 aromatic carbocycles. The average Bonchev–Trinajstić information content (AvgIpc) is 2.48. The predicted molar refractivity (Wildman–Crippen MR) is 62.8 cm³/mol. The number of benzene rings is 1. The van der Waals surface area contributed by atoms with E-state index in [1.165, 1.54) is 24.1 Å². The second-order valence-electron chi connectivity index (χ2n) is 4.25. The summed E-state index contributed by atoms with van der Waals surface area (Å²) in [5.41, 5.74) is 0.445. The second kappa shape index (κ2) is 4.90. The molecule has 1 nitrogen and oxygen atoms in total. The van der Waals surface area contributed by atoms with E-state index in [1.54, 1.807) is 6.07 Å². The molecule has 0 saturated carbocycles. The summed E-state index contributed by atoms with van der Waals surface area (Å²) < 4.78 is 40.9. The Morgan fingerprint density at radius 2 is 2.18 bits per heavy atom. The van der Waals surface area contributed by atoms with Crippen molar-refractivity contribution in [1.82, 2.24) is 4.72 Å². The summed E-state index contributed by atoms with van der Waals surface area (Å²) in [6.07, 6.45) is -2.37. The van der Waals surface area contributed by atoms with Crippen LogP contribution in [0.3, 0.4) is 0 Å². The number of halogens is 3. The molecule has 1 aromatic rings. The third-order valence-electron chi connectivity index (χ3n) is 3.03. The molecule has 2 rings (SSSR count). The summed E-state index contributed by atoms with van der Waals surface area (Å²) in [6, 6.07) is 4.03. The van der Waals surface area contributed by atoms with Gasteiger partial charge in [-0.25, -0.2) is 0 Å². The van der Waals surface area contributed by atoms with E-state index in [4.69, 9.17) is 0 Å². The van der Waals surface area contributed by atoms with Crippen LogP contribution in [0.2, 0.25) is 0 Å². The molecule has 0 aromatic heterocycles. The van der Waals surface area contributed by atoms with Gasteiger partial charge in [0.15, 0.2) is 0 Å². The number of rotatable bonds is 1. The highest BCUT2D eigenvalue weighted by molar-refractivity contribution is 7.97. The molecule has 1 aliphatic rings. The molecule has 1 atom stereocenters. The predicted octanol–water partition coefficient (Wildman–Crippen LogP) is 3.88. The molecule has 0 bridgehead atoms. The smallest absolute Gasteiger partial charge is 0.260 e. The lowest BCUT2D eigenvalue weighted by atomic mass is 9.96. The summed E-state index contributed by atoms with van der Waals surface area (Å²) in [5, 5.41) is 0. The van der Waals surface area contributed by atoms with Gasteiger partial charge in [0.25, 0.3) is 0 Å². The van der Waals surface area contributed by atoms with Crippen molar-refractivity contribution < 1.29 is 13.2 Å². The molecule has 0 aliphatic carbocycles. The Morgan fingerprint density at radius 1 is 1.41 bits per heavy atom. The summed E-state index contributed by atoms with van der Waals surface area (Å²) in [6.45, 7) is 2.95. The monoisotopic (exact) mass is 261 g/mol. The Kier molecular flexibility index (Phi) is 3.68. The number of hydrogen-bond donors (Lipinski definition) is 1. The third-order valence-corrected chi connectivity index (χ3v) is 3.95. The zero-order chi connectivity index (χ0) is 12.5. The molecule has 0 radical (unpaired) electrons. The van der Waals surface area contributed by atoms with Crippen LogP contribution in [0.1, 0.15) is 24.5 Å². The minimum atomic E-state index is -4.26. The van der Waals surface area contributed by atoms with Crippen molar-refractivity contribution in [3.8, 4) is 0 Å². The zero-order valence-electron chi connectivity index (χ0n) is 9.47. The SMILES string of the molecule is CCC1CNSc2cc(C(F)(F)F)ccc2C1. The van der Waals surface area contributed by atoms with Crippen LogP contribution in [0.25, 0.3) is 0 Å². The maximum absolute atomic E-state index is 12.6. The average molecular weight is 261 g/mol. The first kappa shape index (κ1) is 12.8. The Hall–Kier alpha value is -0.680. The molecule has 1 aliphatic heterocycles. The number of hydrogen-bond acceptors (Lipinski definition) is 2. The van der Waals surface area contributed by atoms with Crippen molar-refractivity contribution >= 4 is 11.9 Å². The van der Waals surface area contributed by atoms with E-state index in [9.17, 15) is 13.2 Å². The summed E-state index contributed by atoms with van der Waals surface area (Å²) >= 11 is 1.31. The molecule has 1 heterocycles. The number of alkyl halides is 3. The van der Waals surface area contributed by atoms with Crippen LogP contribution in [0.4, 0.5) is 13.2 Å². The fourth-order valence-electron chi connectivity index (χ4n) is 1.90. The van der Waals surface area contributed by atoms with Gasteiger partial charge in [-0.3, -0.25) is 4.72 Å². The van der Waals surface area contributed by atoms with Gasteiger partial charge in [0.1, 0.15) is 0 Å². The van der Waals surface area contributed by atoms with Crippen LogP contribution in [0.15, 0.2) is 23.1 Å². The lowest BCUT2D eigenvalue weighted by Crippen LogP contribution is -2.15. The Balaban J connectivity index is 2.31. The van der Waals surface area contributed by atoms with Gasteiger partial charge in [-0.1, -0.05) is 19.4 Å². The van der Waals surface area contributed by atoms with E-state index in [1.807, 2.05) is 0 Å². The van der Waals surface area contributed by atoms with Crippen molar-refractivity contribution in [2.45, 2.75) is 30.8 Å². The number of nitrogens with one attached hydrogen (secondary N) is 1. The van der Waals surface area contributed by atoms with Crippen LogP contribution < -0.4 is 4.72 Å². The van der Waals surface area contributed by atoms with E-state index in [0.29, 0.717) is 10.8 Å². The topological polar surface area (TPSA) is 12.0 Å². The van der Waals surface area contributed by atoms with E-state index < -0.39 is 11.7 Å². The highest BCUT2D eigenvalue weighted by Crippen LogP contribution is 2.35. The fourth-order valence-corrected chi connectivity index (χ4v) is 2.85. The van der Waals surface area contributed by atoms with Gasteiger partial charge >= 0.3 is 6.18 Å². The molecular formula is C12H14F3NS. The maximum atomic E-state index is 12.6. The Morgan fingerprint density at radius 3 is 2.82 bits per heavy atom. The van der Waals surface area contributed by atoms with Crippen molar-refractivity contribution in [1.29, 1.82) is 0 Å². The minimum Gasteiger partial charge on any atom is -0.260 e. The molecule has 1 unspecified atom stereocenters. The lowest BCUT2D eigenvalue weighted by Gasteiger charge is -2.12. The van der Waals surface area contributed by atoms with Crippen molar-refractivity contribution in [2.75, 3.05) is 6.54 Å². The normalized spacial score (nSPS) is 20.8. The van der Waals surface area contributed by atoms with E-state index in [0.717, 1.165) is 24.9 Å². The van der Waals surface area contributed by atoms with Crippen LogP contribution in [-0.4, -0.2) is 6.54 Å². The summed E-state index contributed by atoms with van der Waals surface area (Å²) in [4.78, 5) is 0.704. The van der Waals surface area contributed by atoms with Gasteiger partial charge < -0.3 is 0 Å². The first-order valence-corrected chi connectivity index (χ1v) is 6.42. The molecule has 94 valence electrons. The van der Waals surface area contributed by atoms with Crippen molar-refractivity contribution in [3.05, 3.63) is 29.3 Å². The molecule has 0 saturated heterocycles. The number of fused-ring (bicyclic) bond motifs is 1. The molecular weight excluding hydrogens is 247 g/mol. The Labute approximate surface area is 103 Å². The van der Waals surface area contributed by atoms with Crippen molar-refractivity contribution in [2.24, 2.45) is 5.92 Å². The molecule has 17 heavy (non-hydrogen) atoms. The highest BCUT2D eigenvalue weighted by Gasteiger charge is 2.31. The highest BCUT2D eigenvalue weighted by atomic mass is 32.2. The van der Waals surface area contributed by atoms with Crippen molar-refractivity contribution in [3.63, 3.8) is 0 Å². The maximum Gasteiger partial charge on any atom is 0.416 e. The third kappa shape index (κ3) is 2.96. The Bertz CT molecular complexity index is 403. The summed E-state index contributed by atoms with van der Waals surface area (Å²) in [7, 11) is 0. The van der Waals surface area contributed by atoms with Gasteiger partial charge in [0, 0.05) is 11.4 Å². The van der Waals surface area contributed by atoms with Gasteiger partial charge in [-0.2, -0.15) is 13.2 Å². The first-order valence-electron chi connectivity index (χ1n) is 5.60. The second-order valence-corrected chi connectivity index (χ2v) is 5.18. The van der Waals surface area contributed by atoms with Crippen LogP contribution in [0, 0.1) is 5.92 Å². The van der Waals surface area contributed by atoms with E-state index in [-0.39, 0.29) is 0 Å². The van der Waals surface area contributed by atoms with E-state index >= 15 is 0 Å². The van der Waals surface area contributed by atoms with Crippen LogP contribution in [-0.2, 0) is 12.6 Å². The zero-order valence-corrected chi connectivity index (χ0v) is 10.3. The van der Waals surface area contributed by atoms with Crippen LogP contribution in [0.5, 0.6) is 0 Å². The molecule has 0 spiro atoms. The standard InChI is InChI=1S/C12H14F3NS/c1-2-8-5-9-3-4-10(12(13,14)15)6-11(9)17-16-7-8/h3-4,6,8,16H,2,5,7H2,1H3. The van der Waals surface area contributed by atoms with Gasteiger partial charge in [0.05, 0.1) is 5.56 Å². The lowest BCUT2D eigenvalue weighted by molar-refractivity contribution is -0.137. The van der Waals surface area contributed by atoms with Gasteiger partial charge in [-0.15, -0.1) is 0 Å². The molecule has 0 fully saturated rings. The minimum absolute atomic E-state index is 0.500. The fraction of sp³-hybridized carbons (Fsp3) is 0.500. The quantitative estimate of drug-likeness (QED) is 0.770. The molecule has 5 heteroatoms. The largest absolute Gasteiger partial charge is 0.416 e. The van der Waals surface area contributed by atoms with Crippen LogP contribution >= 0.6 is 11.9 Å². The first-order chi connectivity index (χ1) is 8.00. The van der Waals surface area contributed by atoms with Gasteiger partial charge in [0.2, 0.25) is 0 Å². The molecule has 1 N–H and O–H groups in total.